The summed E-state index contributed by atoms with van der Waals surface area (Å²) in [6, 6.07) is 25.0. The van der Waals surface area contributed by atoms with Crippen molar-refractivity contribution in [2.75, 3.05) is 0 Å². The third kappa shape index (κ3) is 1.32. The lowest BCUT2D eigenvalue weighted by atomic mass is 9.84. The lowest BCUT2D eigenvalue weighted by Gasteiger charge is -2.19. The van der Waals surface area contributed by atoms with Crippen LogP contribution in [0.2, 0.25) is 0 Å². The van der Waals surface area contributed by atoms with Crippen LogP contribution in [-0.2, 0) is 6.42 Å². The smallest absolute Gasteiger partial charge is 0.00139 e. The highest BCUT2D eigenvalue weighted by Gasteiger charge is 2.17. The standard InChI is InChI=1S/C24H16/c1-2-14-13-17-12-11-16-10-9-15-5-3-7-19-20-8-4-6-18(14)24(20)23(17)22(16)21(15)19/h3-13H,2H2,1H3. The average Bonchev–Trinajstić information content (AvgIpc) is 2.65. The topological polar surface area (TPSA) is 0 Å². The zero-order valence-corrected chi connectivity index (χ0v) is 13.6. The maximum atomic E-state index is 2.40. The fourth-order valence-electron chi connectivity index (χ4n) is 4.70. The van der Waals surface area contributed by atoms with Gasteiger partial charge in [0, 0.05) is 0 Å². The van der Waals surface area contributed by atoms with E-state index in [1.165, 1.54) is 59.4 Å². The normalized spacial score (nSPS) is 12.5. The molecule has 0 unspecified atom stereocenters. The van der Waals surface area contributed by atoms with Crippen LogP contribution in [0.15, 0.2) is 66.7 Å². The second kappa shape index (κ2) is 4.15. The van der Waals surface area contributed by atoms with E-state index in [2.05, 4.69) is 73.7 Å². The summed E-state index contributed by atoms with van der Waals surface area (Å²) in [5.41, 5.74) is 1.45. The van der Waals surface area contributed by atoms with Gasteiger partial charge in [-0.2, -0.15) is 0 Å². The van der Waals surface area contributed by atoms with Gasteiger partial charge >= 0.3 is 0 Å². The van der Waals surface area contributed by atoms with Crippen molar-refractivity contribution in [1.29, 1.82) is 0 Å². The molecule has 0 nitrogen and oxygen atoms in total. The van der Waals surface area contributed by atoms with E-state index in [4.69, 9.17) is 0 Å². The van der Waals surface area contributed by atoms with Crippen LogP contribution in [0, 0.1) is 0 Å². The number of rotatable bonds is 1. The van der Waals surface area contributed by atoms with Gasteiger partial charge in [0.15, 0.2) is 0 Å². The van der Waals surface area contributed by atoms with Gasteiger partial charge in [0.2, 0.25) is 0 Å². The van der Waals surface area contributed by atoms with Gasteiger partial charge in [0.1, 0.15) is 0 Å². The molecule has 0 heterocycles. The van der Waals surface area contributed by atoms with E-state index in [0.717, 1.165) is 6.42 Å². The monoisotopic (exact) mass is 304 g/mol. The van der Waals surface area contributed by atoms with Crippen LogP contribution in [0.25, 0.3) is 53.9 Å². The van der Waals surface area contributed by atoms with Crippen molar-refractivity contribution in [2.24, 2.45) is 0 Å². The van der Waals surface area contributed by atoms with Crippen molar-refractivity contribution >= 4 is 53.9 Å². The SMILES string of the molecule is CCc1cc2ccc3ccc4cccc5c6cccc1c6c2c3c45. The Labute approximate surface area is 140 Å². The zero-order valence-electron chi connectivity index (χ0n) is 13.6. The number of hydrogen-bond donors (Lipinski definition) is 0. The highest BCUT2D eigenvalue weighted by molar-refractivity contribution is 6.39. The van der Waals surface area contributed by atoms with Crippen molar-refractivity contribution in [3.05, 3.63) is 72.3 Å². The van der Waals surface area contributed by atoms with Crippen LogP contribution >= 0.6 is 0 Å². The van der Waals surface area contributed by atoms with E-state index in [1.807, 2.05) is 0 Å². The van der Waals surface area contributed by atoms with Crippen LogP contribution in [-0.4, -0.2) is 0 Å². The molecule has 112 valence electrons. The molecule has 0 N–H and O–H groups in total. The van der Waals surface area contributed by atoms with E-state index < -0.39 is 0 Å². The molecule has 0 aliphatic heterocycles. The van der Waals surface area contributed by atoms with Gasteiger partial charge in [0.05, 0.1) is 0 Å². The molecular formula is C24H16. The van der Waals surface area contributed by atoms with Gasteiger partial charge in [0.25, 0.3) is 0 Å². The minimum absolute atomic E-state index is 1.07. The maximum Gasteiger partial charge on any atom is -0.00139 e. The van der Waals surface area contributed by atoms with E-state index >= 15 is 0 Å². The van der Waals surface area contributed by atoms with Crippen LogP contribution < -0.4 is 0 Å². The summed E-state index contributed by atoms with van der Waals surface area (Å²) in [5, 5.41) is 14.0. The maximum absolute atomic E-state index is 2.40. The summed E-state index contributed by atoms with van der Waals surface area (Å²) in [6.45, 7) is 2.26. The highest BCUT2D eigenvalue weighted by atomic mass is 14.2. The molecule has 0 amide bonds. The van der Waals surface area contributed by atoms with Gasteiger partial charge < -0.3 is 0 Å². The Balaban J connectivity index is 2.14. The van der Waals surface area contributed by atoms with Crippen LogP contribution in [0.1, 0.15) is 12.5 Å². The summed E-state index contributed by atoms with van der Waals surface area (Å²) >= 11 is 0. The summed E-state index contributed by atoms with van der Waals surface area (Å²) in [5.74, 6) is 0. The highest BCUT2D eigenvalue weighted by Crippen LogP contribution is 2.45. The van der Waals surface area contributed by atoms with Gasteiger partial charge in [-0.15, -0.1) is 0 Å². The molecule has 0 aromatic heterocycles. The molecule has 0 saturated carbocycles. The first kappa shape index (κ1) is 12.5. The van der Waals surface area contributed by atoms with Gasteiger partial charge in [-0.05, 0) is 65.8 Å². The Kier molecular flexibility index (Phi) is 2.17. The van der Waals surface area contributed by atoms with Gasteiger partial charge in [-0.3, -0.25) is 0 Å². The molecule has 0 spiro atoms. The van der Waals surface area contributed by atoms with Gasteiger partial charge in [-0.1, -0.05) is 73.7 Å². The van der Waals surface area contributed by atoms with E-state index in [0.29, 0.717) is 0 Å². The first-order valence-corrected chi connectivity index (χ1v) is 8.70. The van der Waals surface area contributed by atoms with Crippen LogP contribution in [0.4, 0.5) is 0 Å². The summed E-state index contributed by atoms with van der Waals surface area (Å²) in [7, 11) is 0. The molecule has 24 heavy (non-hydrogen) atoms. The molecule has 6 aromatic carbocycles. The number of benzene rings is 6. The minimum atomic E-state index is 1.07. The van der Waals surface area contributed by atoms with Crippen LogP contribution in [0.3, 0.4) is 0 Å². The average molecular weight is 304 g/mol. The third-order valence-corrected chi connectivity index (χ3v) is 5.72. The molecule has 0 radical (unpaired) electrons. The molecule has 0 bridgehead atoms. The Bertz CT molecular complexity index is 1370. The molecule has 6 aromatic rings. The molecular weight excluding hydrogens is 288 g/mol. The molecule has 0 fully saturated rings. The van der Waals surface area contributed by atoms with Crippen molar-refractivity contribution < 1.29 is 0 Å². The molecule has 0 aliphatic rings. The van der Waals surface area contributed by atoms with Crippen LogP contribution in [0.5, 0.6) is 0 Å². The Morgan fingerprint density at radius 2 is 1.12 bits per heavy atom. The predicted octanol–water partition coefficient (Wildman–Crippen LogP) is 6.89. The fraction of sp³-hybridized carbons (Fsp3) is 0.0833. The molecule has 0 aliphatic carbocycles. The quantitative estimate of drug-likeness (QED) is 0.229. The first-order valence-electron chi connectivity index (χ1n) is 8.70. The van der Waals surface area contributed by atoms with E-state index in [9.17, 15) is 0 Å². The second-order valence-electron chi connectivity index (χ2n) is 6.85. The first-order chi connectivity index (χ1) is 11.9. The fourth-order valence-corrected chi connectivity index (χ4v) is 4.70. The van der Waals surface area contributed by atoms with Crippen molar-refractivity contribution in [1.82, 2.24) is 0 Å². The lowest BCUT2D eigenvalue weighted by Crippen LogP contribution is -1.92. The largest absolute Gasteiger partial charge is 0.0613 e. The molecule has 0 saturated heterocycles. The van der Waals surface area contributed by atoms with E-state index in [-0.39, 0.29) is 0 Å². The van der Waals surface area contributed by atoms with Gasteiger partial charge in [-0.25, -0.2) is 0 Å². The van der Waals surface area contributed by atoms with E-state index in [1.54, 1.807) is 0 Å². The molecule has 0 atom stereocenters. The van der Waals surface area contributed by atoms with Crippen molar-refractivity contribution in [3.8, 4) is 0 Å². The Morgan fingerprint density at radius 1 is 0.542 bits per heavy atom. The summed E-state index contributed by atoms with van der Waals surface area (Å²) in [6.07, 6.45) is 1.07. The predicted molar refractivity (Wildman–Crippen MR) is 106 cm³/mol. The third-order valence-electron chi connectivity index (χ3n) is 5.72. The van der Waals surface area contributed by atoms with Crippen molar-refractivity contribution in [2.45, 2.75) is 13.3 Å². The zero-order chi connectivity index (χ0) is 15.8. The second-order valence-corrected chi connectivity index (χ2v) is 6.85. The molecule has 0 heteroatoms. The Morgan fingerprint density at radius 3 is 1.92 bits per heavy atom. The number of aryl methyl sites for hydroxylation is 1. The van der Waals surface area contributed by atoms with Crippen molar-refractivity contribution in [3.63, 3.8) is 0 Å². The molecule has 6 rings (SSSR count). The number of hydrogen-bond acceptors (Lipinski definition) is 0. The minimum Gasteiger partial charge on any atom is -0.0613 e. The Hall–Kier alpha value is -2.86. The lowest BCUT2D eigenvalue weighted by molar-refractivity contribution is 1.16. The summed E-state index contributed by atoms with van der Waals surface area (Å²) < 4.78 is 0. The number of fused-ring (bicyclic) bond motifs is 1. The summed E-state index contributed by atoms with van der Waals surface area (Å²) in [4.78, 5) is 0.